The van der Waals surface area contributed by atoms with Gasteiger partial charge < -0.3 is 29.4 Å². The Hall–Kier alpha value is -4.49. The summed E-state index contributed by atoms with van der Waals surface area (Å²) in [4.78, 5) is 46.1. The van der Waals surface area contributed by atoms with E-state index >= 15 is 0 Å². The first-order chi connectivity index (χ1) is 20.3. The van der Waals surface area contributed by atoms with E-state index < -0.39 is 43.0 Å². The number of rotatable bonds is 8. The molecular formula is C29H24F2N4O6S. The minimum absolute atomic E-state index is 0.112. The van der Waals surface area contributed by atoms with Gasteiger partial charge >= 0.3 is 6.61 Å². The molecule has 1 saturated heterocycles. The topological polar surface area (TPSA) is 123 Å². The summed E-state index contributed by atoms with van der Waals surface area (Å²) < 4.78 is 41.7. The molecule has 2 aliphatic heterocycles. The number of likely N-dealkylation sites (tertiary alicyclic amines) is 1. The van der Waals surface area contributed by atoms with Crippen LogP contribution in [-0.4, -0.2) is 59.5 Å². The summed E-state index contributed by atoms with van der Waals surface area (Å²) >= 11 is 1.52. The van der Waals surface area contributed by atoms with E-state index in [4.69, 9.17) is 9.15 Å². The molecule has 0 spiro atoms. The number of para-hydroxylation sites is 1. The lowest BCUT2D eigenvalue weighted by Gasteiger charge is -2.24. The number of amides is 3. The molecule has 2 N–H and O–H groups in total. The second kappa shape index (κ2) is 11.8. The number of hydrogen-bond donors (Lipinski definition) is 2. The Morgan fingerprint density at radius 2 is 1.88 bits per heavy atom. The third-order valence-electron chi connectivity index (χ3n) is 6.94. The predicted molar refractivity (Wildman–Crippen MR) is 146 cm³/mol. The number of hydrogen-bond acceptors (Lipinski definition) is 8. The number of fused-ring (bicyclic) bond motifs is 3. The Kier molecular flexibility index (Phi) is 7.76. The van der Waals surface area contributed by atoms with Crippen molar-refractivity contribution >= 4 is 40.6 Å². The number of benzene rings is 3. The second-order valence-corrected chi connectivity index (χ2v) is 10.8. The molecule has 1 aromatic heterocycles. The van der Waals surface area contributed by atoms with Gasteiger partial charge in [0.25, 0.3) is 5.91 Å². The molecule has 3 amide bonds. The Balaban J connectivity index is 1.09. The van der Waals surface area contributed by atoms with Crippen molar-refractivity contribution < 1.29 is 37.1 Å². The van der Waals surface area contributed by atoms with Gasteiger partial charge in [0.1, 0.15) is 23.1 Å². The highest BCUT2D eigenvalue weighted by Crippen LogP contribution is 2.46. The number of alkyl halides is 2. The van der Waals surface area contributed by atoms with E-state index in [9.17, 15) is 23.2 Å². The normalized spacial score (nSPS) is 17.5. The van der Waals surface area contributed by atoms with Gasteiger partial charge in [-0.05, 0) is 48.0 Å². The number of carbonyl (C=O) groups is 3. The number of carbonyl (C=O) groups excluding carboxylic acids is 3. The molecule has 3 aromatic carbocycles. The standard InChI is InChI=1S/C29H24F2N4O6S/c30-29(31)40-18-11-20(28(38)32-12-16-5-7-21-19(9-16)34-15-39-21)35(14-18)26(36)13-33-27(37)17-6-8-25-23(10-17)41-22-3-1-2-4-24(22)42-25/h1-10,15,18,20,29H,11-14H2,(H,32,38)(H,33,37)/t18-,20+/m1/s1. The summed E-state index contributed by atoms with van der Waals surface area (Å²) in [7, 11) is 0. The quantitative estimate of drug-likeness (QED) is 0.272. The van der Waals surface area contributed by atoms with E-state index in [-0.39, 0.29) is 25.1 Å². The maximum atomic E-state index is 13.1. The third kappa shape index (κ3) is 5.92. The minimum Gasteiger partial charge on any atom is -0.455 e. The smallest absolute Gasteiger partial charge is 0.345 e. The maximum Gasteiger partial charge on any atom is 0.345 e. The number of halogens is 2. The molecule has 0 unspecified atom stereocenters. The Labute approximate surface area is 242 Å². The van der Waals surface area contributed by atoms with Crippen LogP contribution in [0, 0.1) is 0 Å². The van der Waals surface area contributed by atoms with Gasteiger partial charge in [-0.15, -0.1) is 0 Å². The molecule has 2 atom stereocenters. The number of ether oxygens (including phenoxy) is 2. The molecule has 0 saturated carbocycles. The molecule has 13 heteroatoms. The Bertz CT molecular complexity index is 1660. The number of nitrogens with zero attached hydrogens (tertiary/aromatic N) is 2. The molecule has 0 radical (unpaired) electrons. The number of oxazole rings is 1. The zero-order valence-corrected chi connectivity index (χ0v) is 22.7. The van der Waals surface area contributed by atoms with Crippen molar-refractivity contribution in [2.24, 2.45) is 0 Å². The van der Waals surface area contributed by atoms with Crippen molar-refractivity contribution in [2.75, 3.05) is 13.1 Å². The van der Waals surface area contributed by atoms with Crippen molar-refractivity contribution in [3.63, 3.8) is 0 Å². The van der Waals surface area contributed by atoms with Crippen LogP contribution in [0.2, 0.25) is 0 Å². The average Bonchev–Trinajstić information content (AvgIpc) is 3.63. The second-order valence-electron chi connectivity index (χ2n) is 9.68. The van der Waals surface area contributed by atoms with E-state index in [0.29, 0.717) is 22.6 Å². The van der Waals surface area contributed by atoms with Crippen LogP contribution in [0.1, 0.15) is 22.3 Å². The first-order valence-corrected chi connectivity index (χ1v) is 13.9. The molecule has 0 aliphatic carbocycles. The van der Waals surface area contributed by atoms with Crippen LogP contribution in [0.5, 0.6) is 11.5 Å². The average molecular weight is 595 g/mol. The zero-order valence-electron chi connectivity index (χ0n) is 21.9. The van der Waals surface area contributed by atoms with Crippen molar-refractivity contribution in [3.05, 3.63) is 78.2 Å². The van der Waals surface area contributed by atoms with E-state index in [1.165, 1.54) is 18.2 Å². The maximum absolute atomic E-state index is 13.1. The van der Waals surface area contributed by atoms with Gasteiger partial charge in [-0.25, -0.2) is 4.98 Å². The zero-order chi connectivity index (χ0) is 29.2. The monoisotopic (exact) mass is 594 g/mol. The van der Waals surface area contributed by atoms with E-state index in [0.717, 1.165) is 20.3 Å². The van der Waals surface area contributed by atoms with Crippen LogP contribution >= 0.6 is 11.8 Å². The lowest BCUT2D eigenvalue weighted by Crippen LogP contribution is -2.48. The Morgan fingerprint density at radius 1 is 1.05 bits per heavy atom. The number of aromatic nitrogens is 1. The van der Waals surface area contributed by atoms with Crippen LogP contribution in [0.25, 0.3) is 11.1 Å². The molecule has 10 nitrogen and oxygen atoms in total. The first-order valence-electron chi connectivity index (χ1n) is 13.0. The molecule has 3 heterocycles. The summed E-state index contributed by atoms with van der Waals surface area (Å²) in [5, 5.41) is 5.31. The first kappa shape index (κ1) is 27.7. The molecule has 0 bridgehead atoms. The fourth-order valence-corrected chi connectivity index (χ4v) is 5.85. The lowest BCUT2D eigenvalue weighted by atomic mass is 10.1. The largest absolute Gasteiger partial charge is 0.455 e. The van der Waals surface area contributed by atoms with Gasteiger partial charge in [0.15, 0.2) is 12.0 Å². The van der Waals surface area contributed by atoms with Gasteiger partial charge in [0.2, 0.25) is 11.8 Å². The summed E-state index contributed by atoms with van der Waals surface area (Å²) in [5.74, 6) is -0.460. The number of nitrogens with one attached hydrogen (secondary N) is 2. The van der Waals surface area contributed by atoms with E-state index in [2.05, 4.69) is 20.4 Å². The fraction of sp³-hybridized carbons (Fsp3) is 0.241. The van der Waals surface area contributed by atoms with E-state index in [1.807, 2.05) is 24.3 Å². The highest BCUT2D eigenvalue weighted by Gasteiger charge is 2.41. The highest BCUT2D eigenvalue weighted by atomic mass is 32.2. The van der Waals surface area contributed by atoms with Gasteiger partial charge in [-0.3, -0.25) is 14.4 Å². The summed E-state index contributed by atoms with van der Waals surface area (Å²) in [6, 6.07) is 16.7. The van der Waals surface area contributed by atoms with Gasteiger partial charge in [-0.1, -0.05) is 30.0 Å². The van der Waals surface area contributed by atoms with Gasteiger partial charge in [0.05, 0.1) is 22.4 Å². The summed E-state index contributed by atoms with van der Waals surface area (Å²) in [5.41, 5.74) is 2.23. The molecule has 42 heavy (non-hydrogen) atoms. The molecule has 2 aliphatic rings. The van der Waals surface area contributed by atoms with Crippen LogP contribution in [-0.2, 0) is 20.9 Å². The van der Waals surface area contributed by atoms with Crippen LogP contribution < -0.4 is 15.4 Å². The SMILES string of the molecule is O=C(NCC(=O)N1C[C@H](OC(F)F)C[C@H]1C(=O)NCc1ccc2ocnc2c1)c1ccc2c(c1)Oc1ccccc1S2. The van der Waals surface area contributed by atoms with Crippen molar-refractivity contribution in [1.29, 1.82) is 0 Å². The van der Waals surface area contributed by atoms with E-state index in [1.54, 1.807) is 36.4 Å². The summed E-state index contributed by atoms with van der Waals surface area (Å²) in [6.07, 6.45) is 0.165. The van der Waals surface area contributed by atoms with Crippen molar-refractivity contribution in [3.8, 4) is 11.5 Å². The third-order valence-corrected chi connectivity index (χ3v) is 8.05. The lowest BCUT2D eigenvalue weighted by molar-refractivity contribution is -0.160. The molecular weight excluding hydrogens is 570 g/mol. The summed E-state index contributed by atoms with van der Waals surface area (Å²) in [6.45, 7) is -3.59. The van der Waals surface area contributed by atoms with Crippen LogP contribution in [0.3, 0.4) is 0 Å². The van der Waals surface area contributed by atoms with Crippen LogP contribution in [0.15, 0.2) is 81.3 Å². The molecule has 216 valence electrons. The van der Waals surface area contributed by atoms with Gasteiger partial charge in [-0.2, -0.15) is 8.78 Å². The highest BCUT2D eigenvalue weighted by molar-refractivity contribution is 7.99. The van der Waals surface area contributed by atoms with Gasteiger partial charge in [0, 0.05) is 25.1 Å². The Morgan fingerprint density at radius 3 is 2.74 bits per heavy atom. The van der Waals surface area contributed by atoms with Crippen molar-refractivity contribution in [1.82, 2.24) is 20.5 Å². The molecule has 6 rings (SSSR count). The molecule has 1 fully saturated rings. The minimum atomic E-state index is -3.06. The van der Waals surface area contributed by atoms with Crippen molar-refractivity contribution in [2.45, 2.75) is 41.5 Å². The fourth-order valence-electron chi connectivity index (χ4n) is 4.91. The molecule has 4 aromatic rings. The predicted octanol–water partition coefficient (Wildman–Crippen LogP) is 4.34. The van der Waals surface area contributed by atoms with Crippen LogP contribution in [0.4, 0.5) is 8.78 Å².